The number of fused-ring (bicyclic) bond motifs is 1. The number of esters is 1. The van der Waals surface area contributed by atoms with E-state index in [9.17, 15) is 14.4 Å². The molecule has 0 aliphatic rings. The van der Waals surface area contributed by atoms with E-state index in [0.29, 0.717) is 16.5 Å². The van der Waals surface area contributed by atoms with E-state index in [-0.39, 0.29) is 42.1 Å². The Hall–Kier alpha value is -3.85. The molecular weight excluding hydrogens is 450 g/mol. The molecule has 3 heterocycles. The number of hydrogen-bond donors (Lipinski definition) is 1. The predicted molar refractivity (Wildman–Crippen MR) is 120 cm³/mol. The molecule has 0 saturated carbocycles. The van der Waals surface area contributed by atoms with Crippen LogP contribution in [0, 0.1) is 6.92 Å². The summed E-state index contributed by atoms with van der Waals surface area (Å²) in [6.07, 6.45) is 1.20. The Labute approximate surface area is 192 Å². The van der Waals surface area contributed by atoms with Gasteiger partial charge in [0.2, 0.25) is 11.6 Å². The molecule has 0 radical (unpaired) electrons. The third kappa shape index (κ3) is 4.68. The summed E-state index contributed by atoms with van der Waals surface area (Å²) in [6.45, 7) is 3.20. The number of furan rings is 2. The van der Waals surface area contributed by atoms with Crippen molar-refractivity contribution in [2.45, 2.75) is 26.9 Å². The fraction of sp³-hybridized carbons (Fsp3) is 0.217. The van der Waals surface area contributed by atoms with Gasteiger partial charge >= 0.3 is 5.97 Å². The van der Waals surface area contributed by atoms with Gasteiger partial charge in [-0.05, 0) is 50.2 Å². The molecule has 1 amide bonds. The molecule has 0 bridgehead atoms. The first-order valence-electron chi connectivity index (χ1n) is 10.1. The lowest BCUT2D eigenvalue weighted by atomic mass is 10.2. The van der Waals surface area contributed by atoms with Crippen molar-refractivity contribution in [3.8, 4) is 11.3 Å². The zero-order valence-corrected chi connectivity index (χ0v) is 18.6. The summed E-state index contributed by atoms with van der Waals surface area (Å²) >= 11 is 5.90. The summed E-state index contributed by atoms with van der Waals surface area (Å²) in [5.74, 6) is 0.308. The number of ether oxygens (including phenoxy) is 1. The lowest BCUT2D eigenvalue weighted by Crippen LogP contribution is -2.32. The Bertz CT molecular complexity index is 1380. The monoisotopic (exact) mass is 469 g/mol. The minimum absolute atomic E-state index is 0.0140. The van der Waals surface area contributed by atoms with Gasteiger partial charge in [-0.25, -0.2) is 9.78 Å². The summed E-state index contributed by atoms with van der Waals surface area (Å²) in [5, 5.41) is 3.31. The second-order valence-corrected chi connectivity index (χ2v) is 7.60. The largest absolute Gasteiger partial charge is 0.462 e. The van der Waals surface area contributed by atoms with Gasteiger partial charge in [0.1, 0.15) is 41.1 Å². The van der Waals surface area contributed by atoms with E-state index >= 15 is 0 Å². The second-order valence-electron chi connectivity index (χ2n) is 7.16. The molecule has 9 nitrogen and oxygen atoms in total. The number of carbonyl (C=O) groups excluding carboxylic acids is 2. The van der Waals surface area contributed by atoms with Crippen molar-refractivity contribution >= 4 is 34.6 Å². The number of aromatic nitrogens is 2. The molecule has 1 aromatic carbocycles. The van der Waals surface area contributed by atoms with Gasteiger partial charge in [-0.2, -0.15) is 0 Å². The van der Waals surface area contributed by atoms with Crippen LogP contribution in [0.15, 0.2) is 56.4 Å². The molecule has 0 spiro atoms. The molecule has 0 atom stereocenters. The van der Waals surface area contributed by atoms with Crippen LogP contribution in [0.3, 0.4) is 0 Å². The zero-order chi connectivity index (χ0) is 23.5. The number of rotatable bonds is 7. The summed E-state index contributed by atoms with van der Waals surface area (Å²) in [6, 6.07) is 10.7. The molecular formula is C23H20ClN3O6. The Morgan fingerprint density at radius 2 is 1.91 bits per heavy atom. The number of carbonyl (C=O) groups is 2. The maximum absolute atomic E-state index is 12.9. The van der Waals surface area contributed by atoms with Gasteiger partial charge < -0.3 is 18.9 Å². The standard InChI is InChI=1S/C23H20ClN3O6/c1-3-31-23(30)19-13(2)32-21-20(19)22(29)27(12-26-21)11-18(28)25-10-16-8-9-17(33-16)14-4-6-15(24)7-5-14/h4-9,12H,3,10-11H2,1-2H3,(H,25,28). The number of benzene rings is 1. The SMILES string of the molecule is CCOC(=O)c1c(C)oc2ncn(CC(=O)NCc3ccc(-c4ccc(Cl)cc4)o3)c(=O)c12. The van der Waals surface area contributed by atoms with Gasteiger partial charge in [-0.3, -0.25) is 14.2 Å². The van der Waals surface area contributed by atoms with Crippen molar-refractivity contribution < 1.29 is 23.2 Å². The Kier molecular flexibility index (Phi) is 6.32. The maximum Gasteiger partial charge on any atom is 0.342 e. The average Bonchev–Trinajstić information content (AvgIpc) is 3.39. The molecule has 0 saturated heterocycles. The summed E-state index contributed by atoms with van der Waals surface area (Å²) in [4.78, 5) is 41.7. The molecule has 0 unspecified atom stereocenters. The predicted octanol–water partition coefficient (Wildman–Crippen LogP) is 3.70. The molecule has 0 aliphatic carbocycles. The van der Waals surface area contributed by atoms with E-state index in [2.05, 4.69) is 10.3 Å². The number of amides is 1. The van der Waals surface area contributed by atoms with Crippen LogP contribution in [-0.4, -0.2) is 28.0 Å². The molecule has 1 N–H and O–H groups in total. The lowest BCUT2D eigenvalue weighted by molar-refractivity contribution is -0.122. The zero-order valence-electron chi connectivity index (χ0n) is 17.9. The number of aryl methyl sites for hydroxylation is 1. The molecule has 4 rings (SSSR count). The molecule has 170 valence electrons. The van der Waals surface area contributed by atoms with Crippen molar-refractivity contribution in [2.24, 2.45) is 0 Å². The van der Waals surface area contributed by atoms with Gasteiger partial charge in [0.05, 0.1) is 13.2 Å². The van der Waals surface area contributed by atoms with Crippen LogP contribution in [0.1, 0.15) is 28.8 Å². The smallest absolute Gasteiger partial charge is 0.342 e. The Morgan fingerprint density at radius 1 is 1.15 bits per heavy atom. The second kappa shape index (κ2) is 9.33. The average molecular weight is 470 g/mol. The first-order chi connectivity index (χ1) is 15.9. The van der Waals surface area contributed by atoms with Gasteiger partial charge in [0.25, 0.3) is 5.56 Å². The molecule has 10 heteroatoms. The van der Waals surface area contributed by atoms with Crippen LogP contribution in [0.25, 0.3) is 22.4 Å². The molecule has 3 aromatic heterocycles. The lowest BCUT2D eigenvalue weighted by Gasteiger charge is -2.06. The third-order valence-electron chi connectivity index (χ3n) is 4.90. The highest BCUT2D eigenvalue weighted by Gasteiger charge is 2.24. The fourth-order valence-corrected chi connectivity index (χ4v) is 3.46. The topological polar surface area (TPSA) is 117 Å². The van der Waals surface area contributed by atoms with E-state index < -0.39 is 17.4 Å². The van der Waals surface area contributed by atoms with E-state index in [1.54, 1.807) is 38.1 Å². The number of halogens is 1. The highest BCUT2D eigenvalue weighted by atomic mass is 35.5. The summed E-state index contributed by atoms with van der Waals surface area (Å²) in [7, 11) is 0. The van der Waals surface area contributed by atoms with Crippen molar-refractivity contribution in [2.75, 3.05) is 6.61 Å². The van der Waals surface area contributed by atoms with Crippen molar-refractivity contribution in [3.63, 3.8) is 0 Å². The molecule has 4 aromatic rings. The highest BCUT2D eigenvalue weighted by molar-refractivity contribution is 6.30. The van der Waals surface area contributed by atoms with Gasteiger partial charge in [-0.15, -0.1) is 0 Å². The van der Waals surface area contributed by atoms with Crippen LogP contribution in [0.4, 0.5) is 0 Å². The van der Waals surface area contributed by atoms with Crippen LogP contribution in [-0.2, 0) is 22.6 Å². The van der Waals surface area contributed by atoms with E-state index in [4.69, 9.17) is 25.2 Å². The van der Waals surface area contributed by atoms with Crippen LogP contribution < -0.4 is 10.9 Å². The Balaban J connectivity index is 1.47. The summed E-state index contributed by atoms with van der Waals surface area (Å²) < 4.78 is 17.3. The normalized spacial score (nSPS) is 11.0. The fourth-order valence-electron chi connectivity index (χ4n) is 3.34. The number of nitrogens with one attached hydrogen (secondary N) is 1. The van der Waals surface area contributed by atoms with Crippen LogP contribution in [0.5, 0.6) is 0 Å². The van der Waals surface area contributed by atoms with Gasteiger partial charge in [0, 0.05) is 10.6 Å². The van der Waals surface area contributed by atoms with E-state index in [0.717, 1.165) is 10.1 Å². The van der Waals surface area contributed by atoms with Crippen molar-refractivity contribution in [1.82, 2.24) is 14.9 Å². The van der Waals surface area contributed by atoms with E-state index in [1.165, 1.54) is 6.33 Å². The van der Waals surface area contributed by atoms with Crippen molar-refractivity contribution in [3.05, 3.63) is 75.2 Å². The molecule has 0 fully saturated rings. The third-order valence-corrected chi connectivity index (χ3v) is 5.15. The molecule has 33 heavy (non-hydrogen) atoms. The van der Waals surface area contributed by atoms with Crippen molar-refractivity contribution in [1.29, 1.82) is 0 Å². The van der Waals surface area contributed by atoms with Crippen LogP contribution >= 0.6 is 11.6 Å². The maximum atomic E-state index is 12.9. The van der Waals surface area contributed by atoms with Gasteiger partial charge in [-0.1, -0.05) is 11.6 Å². The highest BCUT2D eigenvalue weighted by Crippen LogP contribution is 2.24. The summed E-state index contributed by atoms with van der Waals surface area (Å²) in [5.41, 5.74) is 0.320. The minimum Gasteiger partial charge on any atom is -0.462 e. The van der Waals surface area contributed by atoms with E-state index in [1.807, 2.05) is 12.1 Å². The molecule has 0 aliphatic heterocycles. The first-order valence-corrected chi connectivity index (χ1v) is 10.5. The van der Waals surface area contributed by atoms with Crippen LogP contribution in [0.2, 0.25) is 5.02 Å². The Morgan fingerprint density at radius 3 is 2.64 bits per heavy atom. The quantitative estimate of drug-likeness (QED) is 0.410. The number of nitrogens with zero attached hydrogens (tertiary/aromatic N) is 2. The first kappa shape index (κ1) is 22.3. The number of hydrogen-bond acceptors (Lipinski definition) is 7. The van der Waals surface area contributed by atoms with Gasteiger partial charge in [0.15, 0.2) is 0 Å². The minimum atomic E-state index is -0.677.